The van der Waals surface area contributed by atoms with E-state index in [9.17, 15) is 67.1 Å². The van der Waals surface area contributed by atoms with E-state index in [0.717, 1.165) is 28.4 Å². The number of unbranched alkanes of at least 4 members (excludes halogenated alkanes) is 3. The standard InChI is InChI=1S/C68H92N12O21S2/c1-95-32-33-98-36-37-99-35-34-96-29-22-55(83)70-23-8-7-12-52(77-56(84)13-6-3-9-26-80-67(93)62(102-50-18-14-48(42-81)15-19-50)63(68(80)94)103-51-20-16-49(17-21-51)66(92)79-27-30-97-31-28-79)64(90)72-25-24-71-60(88)44-100-45-61(89)74-39-57(85)73-41-59(87)78-53(38-47-10-4-2-5-11-47)65(91)75-40-58(86)76-46-101-43-54(69)82/h2,4-5,10-11,14-21,42,52-53H,3,6-9,12-13,22-41,43-46H2,1H3,(H2,69,82)(H,70,83)(H,71,88)(H,72,90)(H,73,85)(H,74,89)(H,75,91)(H,76,86)(H,77,84)(H,78,87). The summed E-state index contributed by atoms with van der Waals surface area (Å²) in [6, 6.07) is 19.8. The Balaban J connectivity index is 1.04. The molecule has 3 aromatic rings. The normalized spacial score (nSPS) is 13.3. The van der Waals surface area contributed by atoms with Gasteiger partial charge in [0.15, 0.2) is 0 Å². The van der Waals surface area contributed by atoms with Gasteiger partial charge in [0.1, 0.15) is 44.9 Å². The molecule has 2 aliphatic heterocycles. The smallest absolute Gasteiger partial charge is 0.268 e. The lowest BCUT2D eigenvalue weighted by atomic mass is 10.1. The SMILES string of the molecule is COCCOCCOCCOCCC(=O)NCCCCC(NC(=O)CCCCCN1C(=O)C(Sc2ccc(C=O)cc2)=C(Sc2ccc(C(=O)N3CCOCC3)cc2)C1=O)C(=O)NCCNC(=O)COCC(=O)NCC(=O)NCC(=O)NC(Cc1ccccc1)C(=O)NCC(=O)NCOCC(N)=O. The summed E-state index contributed by atoms with van der Waals surface area (Å²) in [5, 5.41) is 22.7. The number of rotatable bonds is 52. The number of aldehydes is 1. The zero-order valence-corrected chi connectivity index (χ0v) is 59.2. The van der Waals surface area contributed by atoms with Gasteiger partial charge in [-0.2, -0.15) is 0 Å². The van der Waals surface area contributed by atoms with Crippen molar-refractivity contribution in [1.29, 1.82) is 0 Å². The predicted octanol–water partition coefficient (Wildman–Crippen LogP) is -1.25. The molecule has 35 heteroatoms. The molecule has 0 aromatic heterocycles. The lowest BCUT2D eigenvalue weighted by Crippen LogP contribution is -2.52. The van der Waals surface area contributed by atoms with E-state index in [1.807, 2.05) is 0 Å². The van der Waals surface area contributed by atoms with Gasteiger partial charge in [0.2, 0.25) is 59.1 Å². The van der Waals surface area contributed by atoms with Gasteiger partial charge in [0.25, 0.3) is 17.7 Å². The zero-order chi connectivity index (χ0) is 74.4. The number of ether oxygens (including phenoxy) is 7. The van der Waals surface area contributed by atoms with Crippen molar-refractivity contribution in [1.82, 2.24) is 57.7 Å². The zero-order valence-electron chi connectivity index (χ0n) is 57.5. The molecule has 2 heterocycles. The number of imide groups is 1. The first-order chi connectivity index (χ1) is 49.8. The summed E-state index contributed by atoms with van der Waals surface area (Å²) in [7, 11) is 1.59. The molecule has 5 rings (SSSR count). The molecule has 13 amide bonds. The van der Waals surface area contributed by atoms with Crippen molar-refractivity contribution in [2.45, 2.75) is 79.7 Å². The topological polar surface area (TPSA) is 444 Å². The summed E-state index contributed by atoms with van der Waals surface area (Å²) in [6.07, 6.45) is 2.98. The Morgan fingerprint density at radius 2 is 1.09 bits per heavy atom. The third-order valence-electron chi connectivity index (χ3n) is 14.8. The Morgan fingerprint density at radius 1 is 0.524 bits per heavy atom. The molecule has 0 radical (unpaired) electrons. The van der Waals surface area contributed by atoms with Gasteiger partial charge in [-0.1, -0.05) is 72.4 Å². The number of carbonyl (C=O) groups excluding carboxylic acids is 14. The van der Waals surface area contributed by atoms with Crippen LogP contribution < -0.4 is 53.6 Å². The van der Waals surface area contributed by atoms with Crippen molar-refractivity contribution in [3.63, 3.8) is 0 Å². The molecule has 2 atom stereocenters. The number of carbonyl (C=O) groups is 14. The van der Waals surface area contributed by atoms with Crippen LogP contribution in [0.3, 0.4) is 0 Å². The Labute approximate surface area is 604 Å². The quantitative estimate of drug-likeness (QED) is 0.0137. The molecule has 0 spiro atoms. The molecule has 33 nitrogen and oxygen atoms in total. The maximum absolute atomic E-state index is 14.1. The van der Waals surface area contributed by atoms with Crippen LogP contribution in [0.25, 0.3) is 0 Å². The molecule has 0 bridgehead atoms. The Hall–Kier alpha value is -9.20. The van der Waals surface area contributed by atoms with Crippen LogP contribution in [0, 0.1) is 0 Å². The lowest BCUT2D eigenvalue weighted by Gasteiger charge is -2.26. The number of thioether (sulfide) groups is 2. The fourth-order valence-corrected chi connectivity index (χ4v) is 11.5. The second-order valence-electron chi connectivity index (χ2n) is 22.9. The molecular weight excluding hydrogens is 1380 g/mol. The number of amides is 13. The summed E-state index contributed by atoms with van der Waals surface area (Å²) in [5.41, 5.74) is 6.57. The first-order valence-corrected chi connectivity index (χ1v) is 35.1. The number of nitrogens with one attached hydrogen (secondary N) is 9. The third kappa shape index (κ3) is 34.6. The van der Waals surface area contributed by atoms with Crippen LogP contribution >= 0.6 is 23.5 Å². The number of benzene rings is 3. The van der Waals surface area contributed by atoms with Gasteiger partial charge < -0.3 is 91.6 Å². The minimum absolute atomic E-state index is 0.00657. The maximum Gasteiger partial charge on any atom is 0.268 e. The highest BCUT2D eigenvalue weighted by molar-refractivity contribution is 8.08. The Kier molecular flexibility index (Phi) is 40.5. The highest BCUT2D eigenvalue weighted by Gasteiger charge is 2.39. The van der Waals surface area contributed by atoms with Gasteiger partial charge >= 0.3 is 0 Å². The van der Waals surface area contributed by atoms with Crippen LogP contribution in [0.5, 0.6) is 0 Å². The van der Waals surface area contributed by atoms with Crippen LogP contribution in [-0.4, -0.2) is 257 Å². The van der Waals surface area contributed by atoms with E-state index in [0.29, 0.717) is 131 Å². The van der Waals surface area contributed by atoms with E-state index in [2.05, 4.69) is 47.9 Å². The van der Waals surface area contributed by atoms with E-state index in [1.165, 1.54) is 0 Å². The van der Waals surface area contributed by atoms with Crippen LogP contribution in [0.15, 0.2) is 98.5 Å². The average molecular weight is 1480 g/mol. The summed E-state index contributed by atoms with van der Waals surface area (Å²) < 4.78 is 36.6. The molecule has 1 fully saturated rings. The highest BCUT2D eigenvalue weighted by atomic mass is 32.2. The summed E-state index contributed by atoms with van der Waals surface area (Å²) in [4.78, 5) is 183. The first kappa shape index (κ1) is 84.5. The van der Waals surface area contributed by atoms with E-state index in [1.54, 1.807) is 90.9 Å². The van der Waals surface area contributed by atoms with Crippen molar-refractivity contribution < 1.29 is 100 Å². The molecule has 103 heavy (non-hydrogen) atoms. The van der Waals surface area contributed by atoms with Gasteiger partial charge in [-0.3, -0.25) is 72.0 Å². The minimum Gasteiger partial charge on any atom is -0.382 e. The van der Waals surface area contributed by atoms with Crippen LogP contribution in [-0.2, 0) is 97.1 Å². The summed E-state index contributed by atoms with van der Waals surface area (Å²) in [5.74, 6) is -7.47. The number of hydrogen-bond acceptors (Lipinski definition) is 23. The second-order valence-corrected chi connectivity index (χ2v) is 25.0. The van der Waals surface area contributed by atoms with Gasteiger partial charge in [-0.05, 0) is 74.1 Å². The Bertz CT molecular complexity index is 3310. The van der Waals surface area contributed by atoms with E-state index in [-0.39, 0.29) is 86.8 Å². The minimum atomic E-state index is -1.17. The number of morpholine rings is 1. The number of hydrogen-bond donors (Lipinski definition) is 10. The second kappa shape index (κ2) is 49.4. The van der Waals surface area contributed by atoms with Crippen molar-refractivity contribution >= 4 is 107 Å². The van der Waals surface area contributed by atoms with E-state index in [4.69, 9.17) is 38.9 Å². The van der Waals surface area contributed by atoms with Gasteiger partial charge in [-0.15, -0.1) is 0 Å². The van der Waals surface area contributed by atoms with Crippen molar-refractivity contribution in [3.05, 3.63) is 105 Å². The molecule has 11 N–H and O–H groups in total. The molecule has 0 saturated carbocycles. The van der Waals surface area contributed by atoms with E-state index < -0.39 is 117 Å². The lowest BCUT2D eigenvalue weighted by molar-refractivity contribution is -0.137. The fraction of sp³-hybridized carbons (Fsp3) is 0.500. The monoisotopic (exact) mass is 1480 g/mol. The summed E-state index contributed by atoms with van der Waals surface area (Å²) in [6.45, 7) is 0.942. The number of nitrogens with two attached hydrogens (primary N) is 1. The molecule has 1 saturated heterocycles. The van der Waals surface area contributed by atoms with Crippen molar-refractivity contribution in [2.24, 2.45) is 5.73 Å². The van der Waals surface area contributed by atoms with Crippen LogP contribution in [0.1, 0.15) is 77.6 Å². The predicted molar refractivity (Wildman–Crippen MR) is 373 cm³/mol. The molecular formula is C68H92N12O21S2. The highest BCUT2D eigenvalue weighted by Crippen LogP contribution is 2.43. The number of nitrogens with zero attached hydrogens (tertiary/aromatic N) is 2. The van der Waals surface area contributed by atoms with Gasteiger partial charge in [0.05, 0.1) is 88.9 Å². The van der Waals surface area contributed by atoms with Crippen molar-refractivity contribution in [2.75, 3.05) is 152 Å². The molecule has 2 aliphatic rings. The van der Waals surface area contributed by atoms with Gasteiger partial charge in [-0.25, -0.2) is 0 Å². The maximum atomic E-state index is 14.1. The van der Waals surface area contributed by atoms with Gasteiger partial charge in [0, 0.05) is 86.6 Å². The molecule has 562 valence electrons. The van der Waals surface area contributed by atoms with Crippen LogP contribution in [0.2, 0.25) is 0 Å². The average Bonchev–Trinajstić information content (AvgIpc) is 1.64. The molecule has 3 aromatic carbocycles. The Morgan fingerprint density at radius 3 is 1.74 bits per heavy atom. The van der Waals surface area contributed by atoms with Crippen molar-refractivity contribution in [3.8, 4) is 0 Å². The van der Waals surface area contributed by atoms with Crippen LogP contribution in [0.4, 0.5) is 0 Å². The largest absolute Gasteiger partial charge is 0.382 e. The van der Waals surface area contributed by atoms with E-state index >= 15 is 0 Å². The first-order valence-electron chi connectivity index (χ1n) is 33.5. The molecule has 2 unspecified atom stereocenters. The summed E-state index contributed by atoms with van der Waals surface area (Å²) >= 11 is 2.21. The third-order valence-corrected chi connectivity index (χ3v) is 17.2. The fourth-order valence-electron chi connectivity index (χ4n) is 9.50. The number of methoxy groups -OCH3 is 1. The number of primary amides is 1. The molecule has 0 aliphatic carbocycles.